The molecule has 118 valence electrons. The molecule has 1 amide bonds. The Morgan fingerprint density at radius 2 is 1.80 bits per heavy atom. The summed E-state index contributed by atoms with van der Waals surface area (Å²) < 4.78 is 0. The molecule has 1 aliphatic carbocycles. The Bertz CT molecular complexity index is 286. The molecule has 0 spiro atoms. The molecule has 2 fully saturated rings. The van der Waals surface area contributed by atoms with Crippen molar-refractivity contribution in [2.75, 3.05) is 26.7 Å². The molecular weight excluding hydrogens is 272 g/mol. The number of hydrogen-bond donors (Lipinski definition) is 1. The number of nitrogens with zero attached hydrogens (tertiary/aromatic N) is 1. The second-order valence-corrected chi connectivity index (χ2v) is 6.69. The van der Waals surface area contributed by atoms with Gasteiger partial charge < -0.3 is 10.2 Å². The van der Waals surface area contributed by atoms with Crippen LogP contribution in [-0.4, -0.2) is 37.5 Å². The van der Waals surface area contributed by atoms with Gasteiger partial charge in [0.05, 0.1) is 0 Å². The van der Waals surface area contributed by atoms with Gasteiger partial charge in [0.25, 0.3) is 0 Å². The number of hydrogen-bond acceptors (Lipinski definition) is 2. The second-order valence-electron chi connectivity index (χ2n) is 6.69. The van der Waals surface area contributed by atoms with Crippen molar-refractivity contribution in [1.29, 1.82) is 0 Å². The van der Waals surface area contributed by atoms with E-state index in [2.05, 4.69) is 12.2 Å². The lowest BCUT2D eigenvalue weighted by Gasteiger charge is -2.29. The van der Waals surface area contributed by atoms with Crippen molar-refractivity contribution in [3.05, 3.63) is 0 Å². The molecule has 2 aliphatic rings. The predicted molar refractivity (Wildman–Crippen MR) is 86.2 cm³/mol. The van der Waals surface area contributed by atoms with Crippen molar-refractivity contribution < 1.29 is 4.79 Å². The first kappa shape index (κ1) is 17.8. The van der Waals surface area contributed by atoms with E-state index in [9.17, 15) is 4.79 Å². The maximum Gasteiger partial charge on any atom is 0.222 e. The van der Waals surface area contributed by atoms with Gasteiger partial charge in [-0.2, -0.15) is 0 Å². The van der Waals surface area contributed by atoms with Gasteiger partial charge in [-0.15, -0.1) is 12.4 Å². The van der Waals surface area contributed by atoms with Gasteiger partial charge in [-0.05, 0) is 56.5 Å². The quantitative estimate of drug-likeness (QED) is 0.846. The van der Waals surface area contributed by atoms with Crippen LogP contribution in [0.15, 0.2) is 0 Å². The molecule has 0 radical (unpaired) electrons. The minimum atomic E-state index is 0. The highest BCUT2D eigenvalue weighted by Crippen LogP contribution is 2.27. The molecule has 3 nitrogen and oxygen atoms in total. The summed E-state index contributed by atoms with van der Waals surface area (Å²) in [5.41, 5.74) is 0. The topological polar surface area (TPSA) is 32.3 Å². The molecule has 1 saturated heterocycles. The lowest BCUT2D eigenvalue weighted by Crippen LogP contribution is -2.35. The van der Waals surface area contributed by atoms with E-state index in [1.807, 2.05) is 11.9 Å². The molecule has 0 aromatic rings. The van der Waals surface area contributed by atoms with Gasteiger partial charge in [-0.1, -0.05) is 19.8 Å². The minimum Gasteiger partial charge on any atom is -0.345 e. The summed E-state index contributed by atoms with van der Waals surface area (Å²) in [5.74, 6) is 2.41. The van der Waals surface area contributed by atoms with Crippen molar-refractivity contribution in [2.24, 2.45) is 17.8 Å². The first-order valence-electron chi connectivity index (χ1n) is 8.11. The number of rotatable bonds is 5. The third-order valence-electron chi connectivity index (χ3n) is 5.12. The highest BCUT2D eigenvalue weighted by molar-refractivity contribution is 5.85. The zero-order valence-electron chi connectivity index (χ0n) is 13.1. The van der Waals surface area contributed by atoms with Crippen LogP contribution in [0.5, 0.6) is 0 Å². The first-order chi connectivity index (χ1) is 9.16. The molecule has 0 aromatic heterocycles. The van der Waals surface area contributed by atoms with Crippen LogP contribution >= 0.6 is 12.4 Å². The monoisotopic (exact) mass is 302 g/mol. The zero-order valence-corrected chi connectivity index (χ0v) is 13.9. The summed E-state index contributed by atoms with van der Waals surface area (Å²) in [6.45, 7) is 5.50. The third kappa shape index (κ3) is 5.25. The fraction of sp³-hybridized carbons (Fsp3) is 0.938. The van der Waals surface area contributed by atoms with Crippen LogP contribution in [0.1, 0.15) is 51.9 Å². The third-order valence-corrected chi connectivity index (χ3v) is 5.12. The molecule has 1 aliphatic heterocycles. The highest BCUT2D eigenvalue weighted by atomic mass is 35.5. The smallest absolute Gasteiger partial charge is 0.222 e. The lowest BCUT2D eigenvalue weighted by atomic mass is 9.84. The largest absolute Gasteiger partial charge is 0.345 e. The van der Waals surface area contributed by atoms with Crippen LogP contribution in [-0.2, 0) is 4.79 Å². The zero-order chi connectivity index (χ0) is 13.7. The number of nitrogens with one attached hydrogen (secondary N) is 1. The molecule has 1 saturated carbocycles. The number of carbonyl (C=O) groups excluding carboxylic acids is 1. The van der Waals surface area contributed by atoms with Crippen molar-refractivity contribution in [3.63, 3.8) is 0 Å². The molecule has 4 heteroatoms. The van der Waals surface area contributed by atoms with Crippen molar-refractivity contribution in [2.45, 2.75) is 51.9 Å². The summed E-state index contributed by atoms with van der Waals surface area (Å²) in [7, 11) is 2.00. The van der Waals surface area contributed by atoms with Gasteiger partial charge in [-0.25, -0.2) is 0 Å². The van der Waals surface area contributed by atoms with Crippen LogP contribution in [0.4, 0.5) is 0 Å². The van der Waals surface area contributed by atoms with Gasteiger partial charge >= 0.3 is 0 Å². The Hall–Kier alpha value is -0.280. The SMILES string of the molecule is CC(CC(=O)N(C)CC1CCCC1)C1CCNCC1.Cl. The Kier molecular flexibility index (Phi) is 7.90. The highest BCUT2D eigenvalue weighted by Gasteiger charge is 2.24. The molecule has 1 heterocycles. The summed E-state index contributed by atoms with van der Waals surface area (Å²) in [6, 6.07) is 0. The van der Waals surface area contributed by atoms with Crippen LogP contribution in [0, 0.1) is 17.8 Å². The van der Waals surface area contributed by atoms with E-state index in [0.717, 1.165) is 37.9 Å². The van der Waals surface area contributed by atoms with E-state index in [1.54, 1.807) is 0 Å². The first-order valence-corrected chi connectivity index (χ1v) is 8.11. The maximum atomic E-state index is 12.3. The summed E-state index contributed by atoms with van der Waals surface area (Å²) in [4.78, 5) is 14.3. The van der Waals surface area contributed by atoms with Crippen molar-refractivity contribution in [3.8, 4) is 0 Å². The molecule has 0 aromatic carbocycles. The molecule has 2 rings (SSSR count). The fourth-order valence-electron chi connectivity index (χ4n) is 3.69. The molecule has 1 unspecified atom stereocenters. The Labute approximate surface area is 130 Å². The van der Waals surface area contributed by atoms with Crippen molar-refractivity contribution in [1.82, 2.24) is 10.2 Å². The Morgan fingerprint density at radius 3 is 2.40 bits per heavy atom. The van der Waals surface area contributed by atoms with Crippen LogP contribution in [0.3, 0.4) is 0 Å². The van der Waals surface area contributed by atoms with E-state index >= 15 is 0 Å². The van der Waals surface area contributed by atoms with Gasteiger partial charge in [0.2, 0.25) is 5.91 Å². The maximum absolute atomic E-state index is 12.3. The van der Waals surface area contributed by atoms with E-state index in [4.69, 9.17) is 0 Å². The van der Waals surface area contributed by atoms with Crippen LogP contribution < -0.4 is 5.32 Å². The molecule has 0 bridgehead atoms. The fourth-order valence-corrected chi connectivity index (χ4v) is 3.69. The van der Waals surface area contributed by atoms with Gasteiger partial charge in [0.1, 0.15) is 0 Å². The standard InChI is InChI=1S/C16H30N2O.ClH/c1-13(15-7-9-17-10-8-15)11-16(19)18(2)12-14-5-3-4-6-14;/h13-15,17H,3-12H2,1-2H3;1H. The molecule has 1 atom stereocenters. The average Bonchev–Trinajstić information content (AvgIpc) is 2.92. The van der Waals surface area contributed by atoms with Gasteiger partial charge in [-0.3, -0.25) is 4.79 Å². The average molecular weight is 303 g/mol. The molecule has 20 heavy (non-hydrogen) atoms. The molecular formula is C16H31ClN2O. The van der Waals surface area contributed by atoms with E-state index in [0.29, 0.717) is 11.8 Å². The summed E-state index contributed by atoms with van der Waals surface area (Å²) >= 11 is 0. The number of halogens is 1. The number of piperidine rings is 1. The minimum absolute atomic E-state index is 0. The Balaban J connectivity index is 0.00000200. The van der Waals surface area contributed by atoms with Gasteiger partial charge in [0, 0.05) is 20.0 Å². The van der Waals surface area contributed by atoms with E-state index in [-0.39, 0.29) is 12.4 Å². The molecule has 1 N–H and O–H groups in total. The lowest BCUT2D eigenvalue weighted by molar-refractivity contribution is -0.131. The Morgan fingerprint density at radius 1 is 1.20 bits per heavy atom. The van der Waals surface area contributed by atoms with E-state index in [1.165, 1.54) is 38.5 Å². The second kappa shape index (κ2) is 8.89. The number of carbonyl (C=O) groups is 1. The predicted octanol–water partition coefficient (Wildman–Crippen LogP) is 3.08. The van der Waals surface area contributed by atoms with Crippen LogP contribution in [0.2, 0.25) is 0 Å². The number of amides is 1. The van der Waals surface area contributed by atoms with Gasteiger partial charge in [0.15, 0.2) is 0 Å². The summed E-state index contributed by atoms with van der Waals surface area (Å²) in [6.07, 6.45) is 8.58. The van der Waals surface area contributed by atoms with Crippen LogP contribution in [0.25, 0.3) is 0 Å². The normalized spacial score (nSPS) is 22.3. The summed E-state index contributed by atoms with van der Waals surface area (Å²) in [5, 5.41) is 3.40. The van der Waals surface area contributed by atoms with E-state index < -0.39 is 0 Å². The van der Waals surface area contributed by atoms with Crippen molar-refractivity contribution >= 4 is 18.3 Å².